The Morgan fingerprint density at radius 2 is 2.25 bits per heavy atom. The number of hydrogen-bond donors (Lipinski definition) is 2. The molecule has 12 heavy (non-hydrogen) atoms. The van der Waals surface area contributed by atoms with Crippen LogP contribution in [0.25, 0.3) is 0 Å². The summed E-state index contributed by atoms with van der Waals surface area (Å²) in [5, 5.41) is 6.99. The molecule has 0 aliphatic rings. The van der Waals surface area contributed by atoms with Crippen molar-refractivity contribution in [3.8, 4) is 0 Å². The third kappa shape index (κ3) is 2.30. The van der Waals surface area contributed by atoms with Gasteiger partial charge >= 0.3 is 0 Å². The lowest BCUT2D eigenvalue weighted by Crippen LogP contribution is -2.13. The molecule has 1 aromatic rings. The molecule has 4 heteroatoms. The van der Waals surface area contributed by atoms with Crippen molar-refractivity contribution >= 4 is 21.8 Å². The molecule has 0 bridgehead atoms. The van der Waals surface area contributed by atoms with Crippen LogP contribution >= 0.6 is 15.9 Å². The zero-order valence-corrected chi connectivity index (χ0v) is 7.86. The molecule has 0 atom stereocenters. The molecule has 1 rings (SSSR count). The van der Waals surface area contributed by atoms with Gasteiger partial charge in [-0.05, 0) is 23.8 Å². The van der Waals surface area contributed by atoms with Gasteiger partial charge in [0.1, 0.15) is 5.82 Å². The summed E-state index contributed by atoms with van der Waals surface area (Å²) in [6.45, 7) is 0. The molecular formula is C8H8BrFN2. The van der Waals surface area contributed by atoms with Gasteiger partial charge < -0.3 is 5.73 Å². The molecule has 0 saturated heterocycles. The Kier molecular flexibility index (Phi) is 2.81. The Morgan fingerprint density at radius 3 is 2.83 bits per heavy atom. The number of nitrogens with two attached hydrogens (primary N) is 1. The summed E-state index contributed by atoms with van der Waals surface area (Å²) in [4.78, 5) is 0. The van der Waals surface area contributed by atoms with Crippen LogP contribution in [0.15, 0.2) is 22.7 Å². The Morgan fingerprint density at radius 1 is 1.58 bits per heavy atom. The van der Waals surface area contributed by atoms with Crippen molar-refractivity contribution in [1.29, 1.82) is 5.41 Å². The molecule has 64 valence electrons. The van der Waals surface area contributed by atoms with Crippen LogP contribution in [-0.4, -0.2) is 5.84 Å². The van der Waals surface area contributed by atoms with Gasteiger partial charge in [0, 0.05) is 10.9 Å². The third-order valence-electron chi connectivity index (χ3n) is 1.39. The van der Waals surface area contributed by atoms with Crippen LogP contribution in [0, 0.1) is 11.2 Å². The average Bonchev–Trinajstić information content (AvgIpc) is 1.96. The summed E-state index contributed by atoms with van der Waals surface area (Å²) in [6.07, 6.45) is 0.158. The lowest BCUT2D eigenvalue weighted by atomic mass is 10.1. The maximum Gasteiger partial charge on any atom is 0.126 e. The van der Waals surface area contributed by atoms with Crippen LogP contribution in [0.4, 0.5) is 4.39 Å². The minimum atomic E-state index is -0.326. The first-order valence-corrected chi connectivity index (χ1v) is 4.15. The first-order valence-electron chi connectivity index (χ1n) is 3.36. The summed E-state index contributed by atoms with van der Waals surface area (Å²) < 4.78 is 13.7. The largest absolute Gasteiger partial charge is 0.387 e. The van der Waals surface area contributed by atoms with Gasteiger partial charge in [-0.1, -0.05) is 15.9 Å². The molecule has 0 aliphatic carbocycles. The highest BCUT2D eigenvalue weighted by Crippen LogP contribution is 2.15. The zero-order chi connectivity index (χ0) is 9.14. The zero-order valence-electron chi connectivity index (χ0n) is 6.27. The number of nitrogens with one attached hydrogen (secondary N) is 1. The molecule has 2 nitrogen and oxygen atoms in total. The molecule has 1 aromatic carbocycles. The molecule has 0 unspecified atom stereocenters. The lowest BCUT2D eigenvalue weighted by Gasteiger charge is -2.01. The summed E-state index contributed by atoms with van der Waals surface area (Å²) in [6, 6.07) is 4.58. The average molecular weight is 231 g/mol. The van der Waals surface area contributed by atoms with E-state index in [4.69, 9.17) is 11.1 Å². The van der Waals surface area contributed by atoms with Crippen LogP contribution in [0.2, 0.25) is 0 Å². The fourth-order valence-corrected chi connectivity index (χ4v) is 1.29. The first kappa shape index (κ1) is 9.19. The van der Waals surface area contributed by atoms with E-state index >= 15 is 0 Å². The number of hydrogen-bond acceptors (Lipinski definition) is 1. The highest BCUT2D eigenvalue weighted by Gasteiger charge is 2.03. The number of amidine groups is 1. The normalized spacial score (nSPS) is 9.83. The summed E-state index contributed by atoms with van der Waals surface area (Å²) >= 11 is 3.21. The van der Waals surface area contributed by atoms with Crippen molar-refractivity contribution in [3.63, 3.8) is 0 Å². The van der Waals surface area contributed by atoms with Crippen molar-refractivity contribution in [1.82, 2.24) is 0 Å². The van der Waals surface area contributed by atoms with Crippen molar-refractivity contribution in [2.24, 2.45) is 5.73 Å². The van der Waals surface area contributed by atoms with E-state index in [9.17, 15) is 4.39 Å². The van der Waals surface area contributed by atoms with E-state index in [1.165, 1.54) is 6.07 Å². The van der Waals surface area contributed by atoms with Gasteiger partial charge in [0.05, 0.1) is 5.84 Å². The molecule has 0 fully saturated rings. The van der Waals surface area contributed by atoms with Crippen LogP contribution < -0.4 is 5.73 Å². The number of benzene rings is 1. The minimum absolute atomic E-state index is 0.0352. The molecule has 0 spiro atoms. The van der Waals surface area contributed by atoms with Gasteiger partial charge in [-0.15, -0.1) is 0 Å². The fraction of sp³-hybridized carbons (Fsp3) is 0.125. The van der Waals surface area contributed by atoms with Crippen LogP contribution in [-0.2, 0) is 6.42 Å². The molecule has 0 saturated carbocycles. The number of halogens is 2. The highest BCUT2D eigenvalue weighted by atomic mass is 79.9. The maximum atomic E-state index is 13.0. The maximum absolute atomic E-state index is 13.0. The Labute approximate surface area is 78.2 Å². The summed E-state index contributed by atoms with van der Waals surface area (Å²) in [5.74, 6) is -0.361. The second-order valence-electron chi connectivity index (χ2n) is 2.44. The van der Waals surface area contributed by atoms with E-state index in [0.717, 1.165) is 4.47 Å². The topological polar surface area (TPSA) is 49.9 Å². The van der Waals surface area contributed by atoms with Gasteiger partial charge in [0.15, 0.2) is 0 Å². The second-order valence-corrected chi connectivity index (χ2v) is 3.35. The van der Waals surface area contributed by atoms with Gasteiger partial charge in [0.25, 0.3) is 0 Å². The monoisotopic (exact) mass is 230 g/mol. The van der Waals surface area contributed by atoms with E-state index in [0.29, 0.717) is 5.56 Å². The Hall–Kier alpha value is -0.900. The van der Waals surface area contributed by atoms with Crippen LogP contribution in [0.5, 0.6) is 0 Å². The van der Waals surface area contributed by atoms with Gasteiger partial charge in [-0.25, -0.2) is 4.39 Å². The van der Waals surface area contributed by atoms with Gasteiger partial charge in [0.2, 0.25) is 0 Å². The summed E-state index contributed by atoms with van der Waals surface area (Å²) in [7, 11) is 0. The summed E-state index contributed by atoms with van der Waals surface area (Å²) in [5.41, 5.74) is 5.59. The molecule has 0 aliphatic heterocycles. The van der Waals surface area contributed by atoms with E-state index in [1.54, 1.807) is 12.1 Å². The Balaban J connectivity index is 2.97. The van der Waals surface area contributed by atoms with Gasteiger partial charge in [-0.3, -0.25) is 5.41 Å². The van der Waals surface area contributed by atoms with Crippen molar-refractivity contribution in [2.45, 2.75) is 6.42 Å². The van der Waals surface area contributed by atoms with Gasteiger partial charge in [-0.2, -0.15) is 0 Å². The standard InChI is InChI=1S/C8H8BrFN2/c9-6-1-2-7(10)5(3-6)4-8(11)12/h1-3H,4H2,(H3,11,12). The fourth-order valence-electron chi connectivity index (χ4n) is 0.884. The van der Waals surface area contributed by atoms with E-state index < -0.39 is 0 Å². The van der Waals surface area contributed by atoms with Crippen LogP contribution in [0.3, 0.4) is 0 Å². The molecule has 0 radical (unpaired) electrons. The highest BCUT2D eigenvalue weighted by molar-refractivity contribution is 9.10. The third-order valence-corrected chi connectivity index (χ3v) is 1.88. The SMILES string of the molecule is N=C(N)Cc1cc(Br)ccc1F. The van der Waals surface area contributed by atoms with E-state index in [2.05, 4.69) is 15.9 Å². The lowest BCUT2D eigenvalue weighted by molar-refractivity contribution is 0.615. The quantitative estimate of drug-likeness (QED) is 0.594. The second kappa shape index (κ2) is 3.67. The Bertz CT molecular complexity index is 312. The molecule has 0 aromatic heterocycles. The minimum Gasteiger partial charge on any atom is -0.387 e. The van der Waals surface area contributed by atoms with E-state index in [1.807, 2.05) is 0 Å². The van der Waals surface area contributed by atoms with E-state index in [-0.39, 0.29) is 18.1 Å². The molecule has 0 amide bonds. The van der Waals surface area contributed by atoms with Crippen molar-refractivity contribution in [3.05, 3.63) is 34.1 Å². The molecule has 3 N–H and O–H groups in total. The molecule has 0 heterocycles. The smallest absolute Gasteiger partial charge is 0.126 e. The van der Waals surface area contributed by atoms with Crippen LogP contribution in [0.1, 0.15) is 5.56 Å². The van der Waals surface area contributed by atoms with Crippen molar-refractivity contribution in [2.75, 3.05) is 0 Å². The predicted octanol–water partition coefficient (Wildman–Crippen LogP) is 2.07. The molecular weight excluding hydrogens is 223 g/mol. The first-order chi connectivity index (χ1) is 5.59. The predicted molar refractivity (Wildman–Crippen MR) is 49.7 cm³/mol. The van der Waals surface area contributed by atoms with Crippen molar-refractivity contribution < 1.29 is 4.39 Å². The number of rotatable bonds is 2.